The van der Waals surface area contributed by atoms with Crippen molar-refractivity contribution in [3.63, 3.8) is 0 Å². The van der Waals surface area contributed by atoms with Gasteiger partial charge in [-0.05, 0) is 118 Å². The molecule has 4 aliphatic carbocycles. The normalized spacial score (nSPS) is 25.2. The highest BCUT2D eigenvalue weighted by molar-refractivity contribution is 7.89. The predicted octanol–water partition coefficient (Wildman–Crippen LogP) is 3.79. The van der Waals surface area contributed by atoms with E-state index in [0.29, 0.717) is 18.3 Å². The first-order valence-electron chi connectivity index (χ1n) is 19.1. The molecule has 0 unspecified atom stereocenters. The SMILES string of the molecule is CC[C@H](C)[C@H](NS(=O)(=O)c1ccc(C)cc1)C(=O)N[C@@H](CCCCNCC12CC3CC(CC(C3)C1)C2)C(=O)N[C@@H](CS)C(=O)N[C@H](C(=O)O)C(C)C. The molecule has 292 valence electrons. The number of benzene rings is 1. The molecule has 14 heteroatoms. The van der Waals surface area contributed by atoms with Crippen LogP contribution >= 0.6 is 12.6 Å². The molecular weight excluding hydrogens is 703 g/mol. The van der Waals surface area contributed by atoms with Gasteiger partial charge in [0.2, 0.25) is 27.7 Å². The first-order chi connectivity index (χ1) is 24.6. The second-order valence-electron chi connectivity index (χ2n) is 16.3. The van der Waals surface area contributed by atoms with Crippen molar-refractivity contribution in [2.45, 2.75) is 128 Å². The van der Waals surface area contributed by atoms with Crippen LogP contribution in [0.3, 0.4) is 0 Å². The van der Waals surface area contributed by atoms with Crippen LogP contribution < -0.4 is 26.0 Å². The lowest BCUT2D eigenvalue weighted by molar-refractivity contribution is -0.143. The van der Waals surface area contributed by atoms with Crippen LogP contribution in [0.2, 0.25) is 0 Å². The van der Waals surface area contributed by atoms with Gasteiger partial charge >= 0.3 is 5.97 Å². The monoisotopic (exact) mass is 763 g/mol. The number of carboxylic acid groups (broad SMARTS) is 1. The van der Waals surface area contributed by atoms with E-state index >= 15 is 0 Å². The van der Waals surface area contributed by atoms with Crippen LogP contribution in [0.15, 0.2) is 29.2 Å². The summed E-state index contributed by atoms with van der Waals surface area (Å²) in [6.07, 6.45) is 10.2. The molecule has 4 saturated carbocycles. The van der Waals surface area contributed by atoms with Crippen LogP contribution in [-0.2, 0) is 29.2 Å². The summed E-state index contributed by atoms with van der Waals surface area (Å²) in [5.74, 6) is -1.47. The average molecular weight is 764 g/mol. The Hall–Kier alpha value is -2.68. The second kappa shape index (κ2) is 18.6. The van der Waals surface area contributed by atoms with E-state index < -0.39 is 69.7 Å². The molecule has 5 rings (SSSR count). The van der Waals surface area contributed by atoms with Gasteiger partial charge in [0.15, 0.2) is 0 Å². The average Bonchev–Trinajstić information content (AvgIpc) is 3.08. The highest BCUT2D eigenvalue weighted by Gasteiger charge is 2.50. The Labute approximate surface area is 315 Å². The molecular formula is C38H61N5O7S2. The number of sulfonamides is 1. The predicted molar refractivity (Wildman–Crippen MR) is 204 cm³/mol. The molecule has 4 aliphatic rings. The van der Waals surface area contributed by atoms with Gasteiger partial charge in [-0.25, -0.2) is 13.2 Å². The van der Waals surface area contributed by atoms with Gasteiger partial charge in [-0.15, -0.1) is 0 Å². The summed E-state index contributed by atoms with van der Waals surface area (Å²) < 4.78 is 29.2. The molecule has 52 heavy (non-hydrogen) atoms. The van der Waals surface area contributed by atoms with Crippen molar-refractivity contribution in [2.75, 3.05) is 18.8 Å². The Kier molecular flexibility index (Phi) is 15.0. The minimum absolute atomic E-state index is 0.0261. The van der Waals surface area contributed by atoms with E-state index in [2.05, 4.69) is 38.6 Å². The fourth-order valence-corrected chi connectivity index (χ4v) is 10.4. The third-order valence-electron chi connectivity index (χ3n) is 11.5. The topological polar surface area (TPSA) is 183 Å². The number of carboxylic acids is 1. The molecule has 0 aliphatic heterocycles. The summed E-state index contributed by atoms with van der Waals surface area (Å²) in [6, 6.07) is 1.75. The van der Waals surface area contributed by atoms with Crippen molar-refractivity contribution < 1.29 is 32.7 Å². The number of rotatable bonds is 21. The van der Waals surface area contributed by atoms with Crippen molar-refractivity contribution in [3.05, 3.63) is 29.8 Å². The van der Waals surface area contributed by atoms with Gasteiger partial charge in [-0.2, -0.15) is 17.4 Å². The number of carbonyl (C=O) groups is 4. The fraction of sp³-hybridized carbons (Fsp3) is 0.737. The molecule has 0 aromatic heterocycles. The molecule has 12 nitrogen and oxygen atoms in total. The van der Waals surface area contributed by atoms with Crippen LogP contribution in [0.5, 0.6) is 0 Å². The number of unbranched alkanes of at least 4 members (excludes halogenated alkanes) is 1. The molecule has 1 aromatic rings. The van der Waals surface area contributed by atoms with Crippen LogP contribution in [0.4, 0.5) is 0 Å². The van der Waals surface area contributed by atoms with E-state index in [1.165, 1.54) is 50.7 Å². The first kappa shape index (κ1) is 42.1. The third-order valence-corrected chi connectivity index (χ3v) is 13.4. The summed E-state index contributed by atoms with van der Waals surface area (Å²) in [5, 5.41) is 21.2. The van der Waals surface area contributed by atoms with Crippen LogP contribution in [0.25, 0.3) is 0 Å². The zero-order valence-corrected chi connectivity index (χ0v) is 33.2. The van der Waals surface area contributed by atoms with E-state index in [0.717, 1.165) is 42.8 Å². The maximum Gasteiger partial charge on any atom is 0.326 e. The Morgan fingerprint density at radius 3 is 1.92 bits per heavy atom. The van der Waals surface area contributed by atoms with E-state index in [-0.39, 0.29) is 17.1 Å². The van der Waals surface area contributed by atoms with Crippen molar-refractivity contribution in [3.8, 4) is 0 Å². The molecule has 6 N–H and O–H groups in total. The maximum absolute atomic E-state index is 13.9. The maximum atomic E-state index is 13.9. The number of aryl methyl sites for hydroxylation is 1. The second-order valence-corrected chi connectivity index (χ2v) is 18.3. The first-order valence-corrected chi connectivity index (χ1v) is 21.2. The summed E-state index contributed by atoms with van der Waals surface area (Å²) >= 11 is 4.24. The van der Waals surface area contributed by atoms with Crippen LogP contribution in [-0.4, -0.2) is 80.2 Å². The van der Waals surface area contributed by atoms with E-state index in [1.807, 2.05) is 13.8 Å². The molecule has 4 fully saturated rings. The molecule has 0 saturated heterocycles. The van der Waals surface area contributed by atoms with Crippen LogP contribution in [0, 0.1) is 41.9 Å². The van der Waals surface area contributed by atoms with Gasteiger partial charge in [0.1, 0.15) is 24.2 Å². The molecule has 0 spiro atoms. The molecule has 0 radical (unpaired) electrons. The van der Waals surface area contributed by atoms with Gasteiger partial charge < -0.3 is 26.4 Å². The van der Waals surface area contributed by atoms with Gasteiger partial charge in [-0.1, -0.05) is 51.8 Å². The number of thiol groups is 1. The molecule has 1 aromatic carbocycles. The highest BCUT2D eigenvalue weighted by Crippen LogP contribution is 2.59. The van der Waals surface area contributed by atoms with Gasteiger partial charge in [0.05, 0.1) is 4.90 Å². The Morgan fingerprint density at radius 2 is 1.40 bits per heavy atom. The summed E-state index contributed by atoms with van der Waals surface area (Å²) in [6.45, 7) is 10.6. The Morgan fingerprint density at radius 1 is 0.846 bits per heavy atom. The van der Waals surface area contributed by atoms with Crippen molar-refractivity contribution in [2.24, 2.45) is 35.0 Å². The third kappa shape index (κ3) is 11.2. The highest BCUT2D eigenvalue weighted by atomic mass is 32.2. The Bertz CT molecular complexity index is 1470. The van der Waals surface area contributed by atoms with E-state index in [1.54, 1.807) is 32.9 Å². The minimum atomic E-state index is -4.07. The van der Waals surface area contributed by atoms with Crippen LogP contribution in [0.1, 0.15) is 97.5 Å². The number of hydrogen-bond acceptors (Lipinski definition) is 8. The molecule has 3 amide bonds. The number of hydrogen-bond donors (Lipinski definition) is 7. The summed E-state index contributed by atoms with van der Waals surface area (Å²) in [4.78, 5) is 52.4. The summed E-state index contributed by atoms with van der Waals surface area (Å²) in [7, 11) is -4.07. The van der Waals surface area contributed by atoms with Gasteiger partial charge in [0.25, 0.3) is 0 Å². The number of carbonyl (C=O) groups excluding carboxylic acids is 3. The molecule has 0 heterocycles. The number of nitrogens with one attached hydrogen (secondary N) is 5. The zero-order chi connectivity index (χ0) is 38.2. The summed E-state index contributed by atoms with van der Waals surface area (Å²) in [5.41, 5.74) is 1.29. The van der Waals surface area contributed by atoms with E-state index in [9.17, 15) is 32.7 Å². The smallest absolute Gasteiger partial charge is 0.326 e. The lowest BCUT2D eigenvalue weighted by Crippen LogP contribution is -2.59. The number of aliphatic carboxylic acids is 1. The van der Waals surface area contributed by atoms with Crippen molar-refractivity contribution >= 4 is 46.3 Å². The largest absolute Gasteiger partial charge is 0.480 e. The fourth-order valence-electron chi connectivity index (χ4n) is 8.84. The van der Waals surface area contributed by atoms with Gasteiger partial charge in [0, 0.05) is 12.3 Å². The minimum Gasteiger partial charge on any atom is -0.480 e. The van der Waals surface area contributed by atoms with Crippen molar-refractivity contribution in [1.82, 2.24) is 26.0 Å². The quantitative estimate of drug-likeness (QED) is 0.0730. The number of amides is 3. The van der Waals surface area contributed by atoms with Crippen molar-refractivity contribution in [1.29, 1.82) is 0 Å². The standard InChI is InChI=1S/C38H61N5O7S2/c1-6-25(5)33(43-52(49,50)29-12-10-24(4)11-13-29)36(46)40-30(34(44)41-31(21-51)35(45)42-32(23(2)3)37(47)48)9-7-8-14-39-22-38-18-26-15-27(19-38)17-28(16-26)20-38/h10-13,23,25-28,30-33,39,43,51H,6-9,14-22H2,1-5H3,(H,40,46)(H,41,44)(H,42,45)(H,47,48)/t25-,26?,27?,28?,30-,31-,32-,33-,38?/m0/s1. The molecule has 4 bridgehead atoms. The van der Waals surface area contributed by atoms with Gasteiger partial charge in [-0.3, -0.25) is 14.4 Å². The zero-order valence-electron chi connectivity index (χ0n) is 31.5. The van der Waals surface area contributed by atoms with E-state index in [4.69, 9.17) is 0 Å². The Balaban J connectivity index is 1.42. The molecule has 5 atom stereocenters. The lowest BCUT2D eigenvalue weighted by Gasteiger charge is -2.57. The lowest BCUT2D eigenvalue weighted by atomic mass is 9.49.